The highest BCUT2D eigenvalue weighted by Gasteiger charge is 1.95. The average molecular weight is 253 g/mol. The molecule has 0 radical (unpaired) electrons. The molecular formula is C13H19NS2. The van der Waals surface area contributed by atoms with Gasteiger partial charge in [-0.3, -0.25) is 0 Å². The Labute approximate surface area is 107 Å². The molecular weight excluding hydrogens is 234 g/mol. The molecule has 0 atom stereocenters. The minimum atomic E-state index is 0.738. The highest BCUT2D eigenvalue weighted by Crippen LogP contribution is 2.23. The Hall–Kier alpha value is -0.380. The van der Waals surface area contributed by atoms with E-state index in [0.717, 1.165) is 18.1 Å². The van der Waals surface area contributed by atoms with Crippen molar-refractivity contribution in [2.24, 2.45) is 5.73 Å². The normalized spacial score (nSPS) is 10.2. The molecule has 0 fully saturated rings. The van der Waals surface area contributed by atoms with E-state index in [-0.39, 0.29) is 0 Å². The summed E-state index contributed by atoms with van der Waals surface area (Å²) in [5.74, 6) is 2.04. The lowest BCUT2D eigenvalue weighted by Gasteiger charge is -2.02. The van der Waals surface area contributed by atoms with Gasteiger partial charge in [-0.2, -0.15) is 0 Å². The van der Waals surface area contributed by atoms with Crippen molar-refractivity contribution in [2.45, 2.75) is 23.6 Å². The first-order valence-electron chi connectivity index (χ1n) is 5.41. The minimum Gasteiger partial charge on any atom is -0.330 e. The predicted octanol–water partition coefficient (Wildman–Crippen LogP) is 3.80. The molecule has 0 saturated heterocycles. The van der Waals surface area contributed by atoms with Gasteiger partial charge in [0.25, 0.3) is 0 Å². The number of hydrogen-bond donors (Lipinski definition) is 1. The van der Waals surface area contributed by atoms with E-state index in [4.69, 9.17) is 5.73 Å². The summed E-state index contributed by atoms with van der Waals surface area (Å²) in [5.41, 5.74) is 6.85. The molecule has 0 saturated carbocycles. The van der Waals surface area contributed by atoms with Crippen LogP contribution in [0.4, 0.5) is 0 Å². The van der Waals surface area contributed by atoms with Gasteiger partial charge < -0.3 is 5.73 Å². The number of benzene rings is 1. The third-order valence-electron chi connectivity index (χ3n) is 1.95. The Bertz CT molecular complexity index is 326. The fourth-order valence-electron chi connectivity index (χ4n) is 1.11. The van der Waals surface area contributed by atoms with Crippen LogP contribution in [0.2, 0.25) is 0 Å². The van der Waals surface area contributed by atoms with Crippen molar-refractivity contribution in [1.29, 1.82) is 0 Å². The molecule has 3 heteroatoms. The molecule has 0 aliphatic heterocycles. The Morgan fingerprint density at radius 2 is 1.69 bits per heavy atom. The second kappa shape index (κ2) is 7.82. The zero-order valence-electron chi connectivity index (χ0n) is 9.90. The number of rotatable bonds is 6. The average Bonchev–Trinajstić information content (AvgIpc) is 2.27. The zero-order chi connectivity index (χ0) is 11.8. The van der Waals surface area contributed by atoms with Gasteiger partial charge in [-0.25, -0.2) is 0 Å². The Morgan fingerprint density at radius 3 is 2.19 bits per heavy atom. The highest BCUT2D eigenvalue weighted by molar-refractivity contribution is 7.99. The molecule has 0 aliphatic carbocycles. The Kier molecular flexibility index (Phi) is 6.69. The molecule has 0 bridgehead atoms. The second-order valence-electron chi connectivity index (χ2n) is 3.70. The van der Waals surface area contributed by atoms with Crippen LogP contribution in [0.3, 0.4) is 0 Å². The Balaban J connectivity index is 2.42. The van der Waals surface area contributed by atoms with E-state index in [0.29, 0.717) is 0 Å². The van der Waals surface area contributed by atoms with Crippen molar-refractivity contribution in [3.8, 4) is 0 Å². The summed E-state index contributed by atoms with van der Waals surface area (Å²) >= 11 is 3.68. The van der Waals surface area contributed by atoms with Crippen LogP contribution < -0.4 is 5.73 Å². The summed E-state index contributed by atoms with van der Waals surface area (Å²) < 4.78 is 0. The van der Waals surface area contributed by atoms with Crippen LogP contribution >= 0.6 is 23.5 Å². The fourth-order valence-corrected chi connectivity index (χ4v) is 2.73. The first-order chi connectivity index (χ1) is 7.72. The van der Waals surface area contributed by atoms with Crippen LogP contribution in [0.5, 0.6) is 0 Å². The lowest BCUT2D eigenvalue weighted by molar-refractivity contribution is 1.15. The summed E-state index contributed by atoms with van der Waals surface area (Å²) in [6.45, 7) is 5.00. The number of allylic oxidation sites excluding steroid dienone is 1. The summed E-state index contributed by atoms with van der Waals surface area (Å²) in [5, 5.41) is 0. The van der Waals surface area contributed by atoms with Gasteiger partial charge in [-0.1, -0.05) is 11.6 Å². The lowest BCUT2D eigenvalue weighted by Crippen LogP contribution is -2.00. The van der Waals surface area contributed by atoms with E-state index in [1.165, 1.54) is 15.4 Å². The fraction of sp³-hybridized carbons (Fsp3) is 0.385. The van der Waals surface area contributed by atoms with Crippen LogP contribution in [0, 0.1) is 0 Å². The molecule has 0 aliphatic rings. The molecule has 16 heavy (non-hydrogen) atoms. The topological polar surface area (TPSA) is 26.0 Å². The second-order valence-corrected chi connectivity index (χ2v) is 5.96. The first-order valence-corrected chi connectivity index (χ1v) is 7.38. The highest BCUT2D eigenvalue weighted by atomic mass is 32.2. The third kappa shape index (κ3) is 5.64. The van der Waals surface area contributed by atoms with Crippen LogP contribution in [0.1, 0.15) is 13.8 Å². The van der Waals surface area contributed by atoms with Gasteiger partial charge in [-0.05, 0) is 38.1 Å². The van der Waals surface area contributed by atoms with Gasteiger partial charge in [0.2, 0.25) is 0 Å². The molecule has 1 rings (SSSR count). The molecule has 1 aromatic rings. The molecule has 0 spiro atoms. The first kappa shape index (κ1) is 13.7. The number of nitrogens with two attached hydrogens (primary N) is 1. The quantitative estimate of drug-likeness (QED) is 0.617. The largest absolute Gasteiger partial charge is 0.330 e. The van der Waals surface area contributed by atoms with Gasteiger partial charge in [0.05, 0.1) is 0 Å². The number of hydrogen-bond acceptors (Lipinski definition) is 3. The van der Waals surface area contributed by atoms with Gasteiger partial charge in [0.15, 0.2) is 0 Å². The minimum absolute atomic E-state index is 0.738. The van der Waals surface area contributed by atoms with Gasteiger partial charge in [0, 0.05) is 27.8 Å². The third-order valence-corrected chi connectivity index (χ3v) is 3.94. The van der Waals surface area contributed by atoms with Crippen molar-refractivity contribution in [2.75, 3.05) is 18.1 Å². The van der Waals surface area contributed by atoms with E-state index < -0.39 is 0 Å². The SMILES string of the molecule is CC(C)=CCSc1ccc(SCCN)cc1. The molecule has 2 N–H and O–H groups in total. The summed E-state index contributed by atoms with van der Waals surface area (Å²) in [4.78, 5) is 2.63. The van der Waals surface area contributed by atoms with Crippen LogP contribution in [-0.4, -0.2) is 18.1 Å². The molecule has 1 nitrogen and oxygen atoms in total. The van der Waals surface area contributed by atoms with Crippen LogP contribution in [-0.2, 0) is 0 Å². The molecule has 0 amide bonds. The maximum Gasteiger partial charge on any atom is 0.0163 e. The van der Waals surface area contributed by atoms with Gasteiger partial charge in [-0.15, -0.1) is 23.5 Å². The monoisotopic (exact) mass is 253 g/mol. The summed E-state index contributed by atoms with van der Waals surface area (Å²) in [6.07, 6.45) is 2.25. The van der Waals surface area contributed by atoms with Crippen molar-refractivity contribution in [3.63, 3.8) is 0 Å². The lowest BCUT2D eigenvalue weighted by atomic mass is 10.3. The predicted molar refractivity (Wildman–Crippen MR) is 76.4 cm³/mol. The summed E-state index contributed by atoms with van der Waals surface area (Å²) in [7, 11) is 0. The van der Waals surface area contributed by atoms with Gasteiger partial charge >= 0.3 is 0 Å². The zero-order valence-corrected chi connectivity index (χ0v) is 11.5. The molecule has 1 aromatic carbocycles. The smallest absolute Gasteiger partial charge is 0.0163 e. The maximum absolute atomic E-state index is 5.47. The van der Waals surface area contributed by atoms with Gasteiger partial charge in [0.1, 0.15) is 0 Å². The standard InChI is InChI=1S/C13H19NS2/c1-11(2)7-9-15-12-3-5-13(6-4-12)16-10-8-14/h3-7H,8-10,14H2,1-2H3. The molecule has 0 aromatic heterocycles. The number of thioether (sulfide) groups is 2. The Morgan fingerprint density at radius 1 is 1.12 bits per heavy atom. The van der Waals surface area contributed by atoms with Crippen molar-refractivity contribution < 1.29 is 0 Å². The van der Waals surface area contributed by atoms with E-state index >= 15 is 0 Å². The maximum atomic E-state index is 5.47. The van der Waals surface area contributed by atoms with Crippen molar-refractivity contribution in [3.05, 3.63) is 35.9 Å². The molecule has 88 valence electrons. The summed E-state index contributed by atoms with van der Waals surface area (Å²) in [6, 6.07) is 8.71. The molecule has 0 unspecified atom stereocenters. The van der Waals surface area contributed by atoms with E-state index in [1.807, 2.05) is 23.5 Å². The molecule has 0 heterocycles. The van der Waals surface area contributed by atoms with Crippen molar-refractivity contribution in [1.82, 2.24) is 0 Å². The van der Waals surface area contributed by atoms with Crippen molar-refractivity contribution >= 4 is 23.5 Å². The van der Waals surface area contributed by atoms with Crippen LogP contribution in [0.15, 0.2) is 45.7 Å². The van der Waals surface area contributed by atoms with Crippen LogP contribution in [0.25, 0.3) is 0 Å². The van der Waals surface area contributed by atoms with E-state index in [9.17, 15) is 0 Å². The van der Waals surface area contributed by atoms with E-state index in [1.54, 1.807) is 0 Å². The van der Waals surface area contributed by atoms with E-state index in [2.05, 4.69) is 44.2 Å².